The van der Waals surface area contributed by atoms with Crippen LogP contribution in [0.5, 0.6) is 0 Å². The van der Waals surface area contributed by atoms with E-state index in [1.807, 2.05) is 32.8 Å². The fraction of sp³-hybridized carbons (Fsp3) is 0.500. The molecule has 2 aromatic rings. The molecule has 1 heterocycles. The van der Waals surface area contributed by atoms with E-state index in [0.29, 0.717) is 10.6 Å². The van der Waals surface area contributed by atoms with E-state index >= 15 is 0 Å². The van der Waals surface area contributed by atoms with Gasteiger partial charge in [0.15, 0.2) is 0 Å². The van der Waals surface area contributed by atoms with Crippen molar-refractivity contribution < 1.29 is 17.4 Å². The van der Waals surface area contributed by atoms with Crippen molar-refractivity contribution in [1.29, 1.82) is 0 Å². The molecule has 1 saturated carbocycles. The number of hydrogen-bond acceptors (Lipinski definition) is 6. The number of nitrogens with one attached hydrogen (secondary N) is 3. The van der Waals surface area contributed by atoms with E-state index in [0.717, 1.165) is 25.5 Å². The van der Waals surface area contributed by atoms with E-state index in [4.69, 9.17) is 0 Å². The summed E-state index contributed by atoms with van der Waals surface area (Å²) in [6, 6.07) is 6.60. The van der Waals surface area contributed by atoms with E-state index in [2.05, 4.69) is 31.2 Å². The van der Waals surface area contributed by atoms with Crippen LogP contribution in [0, 0.1) is 0 Å². The predicted molar refractivity (Wildman–Crippen MR) is 127 cm³/mol. The summed E-state index contributed by atoms with van der Waals surface area (Å²) in [6.07, 6.45) is -1.17. The minimum atomic E-state index is -4.58. The molecule has 0 spiro atoms. The van der Waals surface area contributed by atoms with E-state index in [9.17, 15) is 17.4 Å². The van der Waals surface area contributed by atoms with Gasteiger partial charge in [0.1, 0.15) is 11.4 Å². The average Bonchev–Trinajstić information content (AvgIpc) is 3.15. The first-order chi connectivity index (χ1) is 15.4. The molecule has 1 unspecified atom stereocenters. The van der Waals surface area contributed by atoms with Crippen LogP contribution in [0.1, 0.15) is 38.7 Å². The highest BCUT2D eigenvalue weighted by atomic mass is 32.2. The molecule has 7 nitrogen and oxygen atoms in total. The fourth-order valence-electron chi connectivity index (χ4n) is 4.00. The second kappa shape index (κ2) is 9.86. The molecule has 1 aliphatic carbocycles. The number of alkyl halides is 3. The summed E-state index contributed by atoms with van der Waals surface area (Å²) < 4.78 is 56.4. The minimum absolute atomic E-state index is 0.00812. The summed E-state index contributed by atoms with van der Waals surface area (Å²) in [5.74, 6) is 3.56. The Balaban J connectivity index is 1.83. The van der Waals surface area contributed by atoms with E-state index in [-0.39, 0.29) is 29.9 Å². The van der Waals surface area contributed by atoms with Crippen molar-refractivity contribution in [2.75, 3.05) is 24.7 Å². The van der Waals surface area contributed by atoms with Crippen LogP contribution in [0.4, 0.5) is 30.6 Å². The van der Waals surface area contributed by atoms with Crippen molar-refractivity contribution in [3.05, 3.63) is 36.0 Å². The van der Waals surface area contributed by atoms with Crippen LogP contribution in [-0.4, -0.2) is 57.2 Å². The quantitative estimate of drug-likeness (QED) is 0.489. The Bertz CT molecular complexity index is 1050. The maximum absolute atomic E-state index is 13.6. The molecule has 11 heteroatoms. The van der Waals surface area contributed by atoms with E-state index in [1.54, 1.807) is 24.3 Å². The van der Waals surface area contributed by atoms with Gasteiger partial charge in [-0.3, -0.25) is 0 Å². The maximum atomic E-state index is 13.6. The molecule has 0 saturated heterocycles. The van der Waals surface area contributed by atoms with Crippen LogP contribution < -0.4 is 15.4 Å². The highest BCUT2D eigenvalue weighted by molar-refractivity contribution is 7.98. The van der Waals surface area contributed by atoms with Gasteiger partial charge < -0.3 is 15.5 Å². The molecule has 3 N–H and O–H groups in total. The molecule has 3 atom stereocenters. The largest absolute Gasteiger partial charge is 0.421 e. The molecule has 182 valence electrons. The Labute approximate surface area is 193 Å². The molecule has 1 aliphatic rings. The summed E-state index contributed by atoms with van der Waals surface area (Å²) in [5.41, 5.74) is -0.347. The molecule has 0 bridgehead atoms. The van der Waals surface area contributed by atoms with Gasteiger partial charge in [-0.05, 0) is 77.3 Å². The Morgan fingerprint density at radius 1 is 1.18 bits per heavy atom. The third kappa shape index (κ3) is 6.36. The van der Waals surface area contributed by atoms with Crippen LogP contribution in [0.15, 0.2) is 35.4 Å². The highest BCUT2D eigenvalue weighted by Crippen LogP contribution is 2.36. The number of rotatable bonds is 8. The summed E-state index contributed by atoms with van der Waals surface area (Å²) in [5, 5.41) is 5.94. The van der Waals surface area contributed by atoms with Crippen molar-refractivity contribution in [3.8, 4) is 0 Å². The van der Waals surface area contributed by atoms with Gasteiger partial charge >= 0.3 is 6.18 Å². The van der Waals surface area contributed by atoms with Crippen molar-refractivity contribution in [2.24, 2.45) is 0 Å². The molecule has 0 amide bonds. The summed E-state index contributed by atoms with van der Waals surface area (Å²) in [6.45, 7) is 3.75. The zero-order valence-corrected chi connectivity index (χ0v) is 20.1. The smallest absolute Gasteiger partial charge is 0.365 e. The average molecular weight is 485 g/mol. The first-order valence-corrected chi connectivity index (χ1v) is 12.5. The number of likely N-dealkylation sites (N-methyl/N-ethyl adjacent to an activating group) is 1. The zero-order valence-electron chi connectivity index (χ0n) is 19.2. The third-order valence-electron chi connectivity index (χ3n) is 5.48. The lowest BCUT2D eigenvalue weighted by Crippen LogP contribution is -2.39. The van der Waals surface area contributed by atoms with Crippen LogP contribution in [-0.2, 0) is 15.9 Å². The van der Waals surface area contributed by atoms with Crippen molar-refractivity contribution in [2.45, 2.75) is 62.3 Å². The molecule has 3 rings (SSSR count). The topological polar surface area (TPSA) is 82.2 Å². The Morgan fingerprint density at radius 2 is 1.85 bits per heavy atom. The molecular weight excluding hydrogens is 453 g/mol. The number of halogens is 3. The summed E-state index contributed by atoms with van der Waals surface area (Å²) >= 11 is 0. The van der Waals surface area contributed by atoms with E-state index in [1.165, 1.54) is 0 Å². The van der Waals surface area contributed by atoms with Gasteiger partial charge in [-0.2, -0.15) is 18.2 Å². The Hall–Kier alpha value is -2.37. The van der Waals surface area contributed by atoms with Gasteiger partial charge in [0, 0.05) is 34.9 Å². The first-order valence-electron chi connectivity index (χ1n) is 10.8. The van der Waals surface area contributed by atoms with Crippen LogP contribution in [0.25, 0.3) is 0 Å². The van der Waals surface area contributed by atoms with Crippen LogP contribution in [0.2, 0.25) is 0 Å². The van der Waals surface area contributed by atoms with Gasteiger partial charge in [-0.1, -0.05) is 0 Å². The molecule has 0 aliphatic heterocycles. The minimum Gasteiger partial charge on any atom is -0.365 e. The normalized spacial score (nSPS) is 20.8. The first kappa shape index (κ1) is 25.3. The second-order valence-electron chi connectivity index (χ2n) is 8.76. The Kier molecular flexibility index (Phi) is 7.55. The van der Waals surface area contributed by atoms with Crippen LogP contribution >= 0.6 is 0 Å². The molecular formula is C22H31F3N6OS. The van der Waals surface area contributed by atoms with Gasteiger partial charge in [-0.25, -0.2) is 13.9 Å². The lowest BCUT2D eigenvalue weighted by Gasteiger charge is -2.28. The maximum Gasteiger partial charge on any atom is 0.421 e. The lowest BCUT2D eigenvalue weighted by molar-refractivity contribution is -0.137. The number of anilines is 3. The SMILES string of the molecule is C=S(=O)(NC(C)C)c1ccc(Nc2ncc(C(F)(F)F)c(N[C@@H]3CCC[C@H]3N(C)C)n2)cc1. The van der Waals surface area contributed by atoms with E-state index < -0.39 is 21.4 Å². The molecule has 33 heavy (non-hydrogen) atoms. The van der Waals surface area contributed by atoms with Crippen molar-refractivity contribution in [3.63, 3.8) is 0 Å². The van der Waals surface area contributed by atoms with Crippen molar-refractivity contribution >= 4 is 33.0 Å². The monoisotopic (exact) mass is 484 g/mol. The summed E-state index contributed by atoms with van der Waals surface area (Å²) in [7, 11) is 1.20. The number of hydrogen-bond donors (Lipinski definition) is 3. The summed E-state index contributed by atoms with van der Waals surface area (Å²) in [4.78, 5) is 10.6. The van der Waals surface area contributed by atoms with Crippen molar-refractivity contribution in [1.82, 2.24) is 19.6 Å². The second-order valence-corrected chi connectivity index (χ2v) is 10.8. The Morgan fingerprint density at radius 3 is 2.42 bits per heavy atom. The molecule has 0 radical (unpaired) electrons. The fourth-order valence-corrected chi connectivity index (χ4v) is 5.47. The predicted octanol–water partition coefficient (Wildman–Crippen LogP) is 4.12. The zero-order chi connectivity index (χ0) is 24.4. The van der Waals surface area contributed by atoms with Gasteiger partial charge in [-0.15, -0.1) is 0 Å². The number of nitrogens with zero attached hydrogens (tertiary/aromatic N) is 3. The third-order valence-corrected chi connectivity index (χ3v) is 7.36. The van der Waals surface area contributed by atoms with Gasteiger partial charge in [0.2, 0.25) is 5.95 Å². The highest BCUT2D eigenvalue weighted by Gasteiger charge is 2.37. The van der Waals surface area contributed by atoms with Gasteiger partial charge in [0.05, 0.1) is 9.71 Å². The molecule has 1 fully saturated rings. The number of aromatic nitrogens is 2. The van der Waals surface area contributed by atoms with Gasteiger partial charge in [0.25, 0.3) is 0 Å². The van der Waals surface area contributed by atoms with Crippen LogP contribution in [0.3, 0.4) is 0 Å². The standard InChI is InChI=1S/C22H31F3N6OS/c1-14(2)30-33(5,32)16-11-9-15(10-12-16)27-21-26-13-17(22(23,24)25)20(29-21)28-18-7-6-8-19(18)31(3)4/h9-14,18-19H,5-8H2,1-4H3,(H,30,32)(H2,26,27,28,29)/t18-,19-,33?/m1/s1. The lowest BCUT2D eigenvalue weighted by atomic mass is 10.1. The molecule has 1 aromatic heterocycles. The molecule has 1 aromatic carbocycles. The number of benzene rings is 1.